The summed E-state index contributed by atoms with van der Waals surface area (Å²) >= 11 is 0. The van der Waals surface area contributed by atoms with Crippen molar-refractivity contribution in [3.05, 3.63) is 29.6 Å². The van der Waals surface area contributed by atoms with Crippen LogP contribution in [0.15, 0.2) is 23.3 Å². The van der Waals surface area contributed by atoms with Gasteiger partial charge in [-0.25, -0.2) is 4.99 Å². The fraction of sp³-hybridized carbons (Fsp3) is 0.647. The second kappa shape index (κ2) is 13.5. The van der Waals surface area contributed by atoms with Crippen LogP contribution in [0.25, 0.3) is 0 Å². The van der Waals surface area contributed by atoms with Crippen molar-refractivity contribution in [2.45, 2.75) is 46.6 Å². The molecule has 3 N–H and O–H groups in total. The number of nitrogens with one attached hydrogen (secondary N) is 2. The maximum atomic E-state index is 9.13. The molecule has 1 aromatic rings. The van der Waals surface area contributed by atoms with E-state index in [0.717, 1.165) is 49.6 Å². The van der Waals surface area contributed by atoms with Crippen LogP contribution in [0, 0.1) is 12.8 Å². The first-order chi connectivity index (χ1) is 10.7. The molecule has 132 valence electrons. The number of guanidine groups is 1. The molecule has 0 saturated carbocycles. The van der Waals surface area contributed by atoms with Crippen LogP contribution in [0.2, 0.25) is 0 Å². The van der Waals surface area contributed by atoms with E-state index in [2.05, 4.69) is 47.4 Å². The predicted molar refractivity (Wildman–Crippen MR) is 107 cm³/mol. The Bertz CT molecular complexity index is 448. The molecule has 6 heteroatoms. The van der Waals surface area contributed by atoms with Crippen LogP contribution < -0.4 is 10.6 Å². The number of nitrogens with zero attached hydrogens (tertiary/aromatic N) is 2. The summed E-state index contributed by atoms with van der Waals surface area (Å²) in [5, 5.41) is 15.8. The van der Waals surface area contributed by atoms with E-state index in [4.69, 9.17) is 5.11 Å². The molecule has 1 atom stereocenters. The number of rotatable bonds is 9. The summed E-state index contributed by atoms with van der Waals surface area (Å²) in [6.45, 7) is 8.76. The minimum Gasteiger partial charge on any atom is -0.396 e. The predicted octanol–water partition coefficient (Wildman–Crippen LogP) is 2.86. The summed E-state index contributed by atoms with van der Waals surface area (Å²) in [4.78, 5) is 8.97. The number of aromatic nitrogens is 1. The Morgan fingerprint density at radius 2 is 2.09 bits per heavy atom. The van der Waals surface area contributed by atoms with Gasteiger partial charge in [0.1, 0.15) is 0 Å². The number of hydrogen-bond donors (Lipinski definition) is 3. The van der Waals surface area contributed by atoms with Gasteiger partial charge < -0.3 is 15.7 Å². The fourth-order valence-corrected chi connectivity index (χ4v) is 2.36. The molecule has 0 saturated heterocycles. The lowest BCUT2D eigenvalue weighted by molar-refractivity contribution is 0.251. The molecule has 0 aliphatic rings. The molecule has 1 heterocycles. The molecular weight excluding hydrogens is 403 g/mol. The second-order valence-corrected chi connectivity index (χ2v) is 5.51. The molecule has 1 rings (SSSR count). The molecule has 5 nitrogen and oxygen atoms in total. The molecule has 0 amide bonds. The van der Waals surface area contributed by atoms with Crippen molar-refractivity contribution >= 4 is 29.9 Å². The highest BCUT2D eigenvalue weighted by Crippen LogP contribution is 2.09. The van der Waals surface area contributed by atoms with Crippen LogP contribution in [0.4, 0.5) is 0 Å². The maximum absolute atomic E-state index is 9.13. The van der Waals surface area contributed by atoms with Crippen LogP contribution in [0.1, 0.15) is 44.4 Å². The zero-order valence-electron chi connectivity index (χ0n) is 14.5. The topological polar surface area (TPSA) is 69.5 Å². The van der Waals surface area contributed by atoms with E-state index in [1.54, 1.807) is 6.20 Å². The number of aliphatic imine (C=N–C) groups is 1. The molecule has 0 aromatic carbocycles. The minimum absolute atomic E-state index is 0. The van der Waals surface area contributed by atoms with Crippen molar-refractivity contribution in [2.24, 2.45) is 10.9 Å². The highest BCUT2D eigenvalue weighted by atomic mass is 127. The minimum atomic E-state index is 0. The van der Waals surface area contributed by atoms with Gasteiger partial charge in [-0.2, -0.15) is 0 Å². The summed E-state index contributed by atoms with van der Waals surface area (Å²) in [7, 11) is 0. The smallest absolute Gasteiger partial charge is 0.191 e. The third-order valence-corrected chi connectivity index (χ3v) is 3.64. The molecule has 1 aromatic heterocycles. The van der Waals surface area contributed by atoms with E-state index in [9.17, 15) is 0 Å². The van der Waals surface area contributed by atoms with E-state index in [1.807, 2.05) is 6.07 Å². The van der Waals surface area contributed by atoms with Gasteiger partial charge in [-0.05, 0) is 44.2 Å². The Hall–Kier alpha value is -0.890. The molecule has 0 bridgehead atoms. The largest absolute Gasteiger partial charge is 0.396 e. The molecule has 0 aliphatic carbocycles. The Labute approximate surface area is 157 Å². The van der Waals surface area contributed by atoms with Crippen molar-refractivity contribution in [3.8, 4) is 0 Å². The zero-order chi connectivity index (χ0) is 16.2. The van der Waals surface area contributed by atoms with E-state index >= 15 is 0 Å². The number of aryl methyl sites for hydroxylation is 1. The fourth-order valence-electron chi connectivity index (χ4n) is 2.36. The van der Waals surface area contributed by atoms with Gasteiger partial charge in [-0.15, -0.1) is 24.0 Å². The van der Waals surface area contributed by atoms with E-state index < -0.39 is 0 Å². The van der Waals surface area contributed by atoms with Crippen molar-refractivity contribution in [1.29, 1.82) is 0 Å². The monoisotopic (exact) mass is 434 g/mol. The number of hydrogen-bond acceptors (Lipinski definition) is 3. The Morgan fingerprint density at radius 1 is 1.30 bits per heavy atom. The molecule has 0 aliphatic heterocycles. The van der Waals surface area contributed by atoms with Gasteiger partial charge in [0.15, 0.2) is 5.96 Å². The number of aliphatic hydroxyl groups excluding tert-OH is 1. The lowest BCUT2D eigenvalue weighted by Gasteiger charge is -2.18. The summed E-state index contributed by atoms with van der Waals surface area (Å²) in [6, 6.07) is 3.99. The van der Waals surface area contributed by atoms with Gasteiger partial charge in [0, 0.05) is 25.9 Å². The van der Waals surface area contributed by atoms with E-state index in [0.29, 0.717) is 12.5 Å². The van der Waals surface area contributed by atoms with Crippen molar-refractivity contribution < 1.29 is 5.11 Å². The van der Waals surface area contributed by atoms with Crippen LogP contribution >= 0.6 is 24.0 Å². The van der Waals surface area contributed by atoms with Crippen LogP contribution in [-0.2, 0) is 6.54 Å². The lowest BCUT2D eigenvalue weighted by atomic mass is 10.0. The van der Waals surface area contributed by atoms with Crippen molar-refractivity contribution in [2.75, 3.05) is 19.7 Å². The summed E-state index contributed by atoms with van der Waals surface area (Å²) in [6.07, 6.45) is 4.88. The Balaban J connectivity index is 0.00000484. The van der Waals surface area contributed by atoms with Crippen LogP contribution in [-0.4, -0.2) is 35.7 Å². The van der Waals surface area contributed by atoms with Gasteiger partial charge >= 0.3 is 0 Å². The highest BCUT2D eigenvalue weighted by Gasteiger charge is 2.08. The van der Waals surface area contributed by atoms with Gasteiger partial charge in [0.05, 0.1) is 12.2 Å². The van der Waals surface area contributed by atoms with Gasteiger partial charge in [-0.3, -0.25) is 4.98 Å². The Kier molecular flexibility index (Phi) is 13.0. The van der Waals surface area contributed by atoms with Gasteiger partial charge in [-0.1, -0.05) is 19.4 Å². The first kappa shape index (κ1) is 22.1. The van der Waals surface area contributed by atoms with Crippen molar-refractivity contribution in [1.82, 2.24) is 15.6 Å². The zero-order valence-corrected chi connectivity index (χ0v) is 16.8. The number of halogens is 1. The highest BCUT2D eigenvalue weighted by molar-refractivity contribution is 14.0. The summed E-state index contributed by atoms with van der Waals surface area (Å²) in [5.41, 5.74) is 2.16. The van der Waals surface area contributed by atoms with Gasteiger partial charge in [0.2, 0.25) is 0 Å². The summed E-state index contributed by atoms with van der Waals surface area (Å²) < 4.78 is 0. The first-order valence-electron chi connectivity index (χ1n) is 8.24. The maximum Gasteiger partial charge on any atom is 0.191 e. The quantitative estimate of drug-likeness (QED) is 0.318. The second-order valence-electron chi connectivity index (χ2n) is 5.51. The molecule has 0 fully saturated rings. The molecule has 23 heavy (non-hydrogen) atoms. The molecular formula is C17H31IN4O. The van der Waals surface area contributed by atoms with Crippen LogP contribution in [0.5, 0.6) is 0 Å². The van der Waals surface area contributed by atoms with Gasteiger partial charge in [0.25, 0.3) is 0 Å². The number of pyridine rings is 1. The first-order valence-corrected chi connectivity index (χ1v) is 8.24. The van der Waals surface area contributed by atoms with E-state index in [-0.39, 0.29) is 30.6 Å². The SMILES string of the molecule is CCCC(CCO)CNC(=NCc1ncccc1C)NCC.I. The third kappa shape index (κ3) is 9.10. The summed E-state index contributed by atoms with van der Waals surface area (Å²) in [5.74, 6) is 1.29. The average Bonchev–Trinajstić information content (AvgIpc) is 2.51. The van der Waals surface area contributed by atoms with Crippen LogP contribution in [0.3, 0.4) is 0 Å². The average molecular weight is 434 g/mol. The lowest BCUT2D eigenvalue weighted by Crippen LogP contribution is -2.40. The third-order valence-electron chi connectivity index (χ3n) is 3.64. The molecule has 0 radical (unpaired) electrons. The number of aliphatic hydroxyl groups is 1. The van der Waals surface area contributed by atoms with Crippen molar-refractivity contribution in [3.63, 3.8) is 0 Å². The molecule has 0 spiro atoms. The van der Waals surface area contributed by atoms with E-state index in [1.165, 1.54) is 0 Å². The molecule has 1 unspecified atom stereocenters. The Morgan fingerprint density at radius 3 is 2.70 bits per heavy atom. The standard InChI is InChI=1S/C17H30N4O.HI/c1-4-7-15(9-11-22)12-20-17(18-5-2)21-13-16-14(3)8-6-10-19-16;/h6,8,10,15,22H,4-5,7,9,11-13H2,1-3H3,(H2,18,20,21);1H. The normalized spacial score (nSPS) is 12.4.